The maximum absolute atomic E-state index is 3.38. The first-order chi connectivity index (χ1) is 22.2. The molecule has 0 spiro atoms. The van der Waals surface area contributed by atoms with Crippen molar-refractivity contribution in [3.05, 3.63) is 146 Å². The van der Waals surface area contributed by atoms with Crippen molar-refractivity contribution in [3.8, 4) is 22.3 Å². The fourth-order valence-corrected chi connectivity index (χ4v) is 7.60. The van der Waals surface area contributed by atoms with Gasteiger partial charge in [0, 0.05) is 0 Å². The monoisotopic (exact) mass is 840 g/mol. The van der Waals surface area contributed by atoms with Crippen molar-refractivity contribution in [2.45, 2.75) is 82.5 Å². The molecule has 2 fully saturated rings. The van der Waals surface area contributed by atoms with Gasteiger partial charge in [-0.2, -0.15) is 12.1 Å². The average molecular weight is 840 g/mol. The molecule has 8 rings (SSSR count). The molecule has 0 amide bonds. The summed E-state index contributed by atoms with van der Waals surface area (Å²) in [6.07, 6.45) is 14.7. The smallest absolute Gasteiger partial charge is 0.372 e. The molecule has 3 heteroatoms. The van der Waals surface area contributed by atoms with E-state index in [1.807, 2.05) is 0 Å². The molecule has 2 aliphatic rings. The van der Waals surface area contributed by atoms with Crippen molar-refractivity contribution in [1.82, 2.24) is 0 Å². The zero-order valence-corrected chi connectivity index (χ0v) is 33.4. The summed E-state index contributed by atoms with van der Waals surface area (Å²) >= 11 is 0. The molecule has 0 saturated heterocycles. The number of hydrogen-bond donors (Lipinski definition) is 0. The Balaban J connectivity index is 0.000000228. The minimum atomic E-state index is 0. The van der Waals surface area contributed by atoms with Gasteiger partial charge in [-0.1, -0.05) is 122 Å². The number of halogens is 2. The van der Waals surface area contributed by atoms with Crippen LogP contribution in [-0.4, -0.2) is 0 Å². The molecule has 0 bridgehead atoms. The van der Waals surface area contributed by atoms with Crippen LogP contribution in [0.2, 0.25) is 0 Å². The topological polar surface area (TPSA) is 0 Å². The maximum atomic E-state index is 3.38. The van der Waals surface area contributed by atoms with Crippen molar-refractivity contribution >= 4 is 46.4 Å². The van der Waals surface area contributed by atoms with Crippen LogP contribution in [0.15, 0.2) is 121 Å². The largest absolute Gasteiger partial charge is 4.00 e. The number of rotatable bonds is 4. The van der Waals surface area contributed by atoms with E-state index >= 15 is 0 Å². The van der Waals surface area contributed by atoms with E-state index in [4.69, 9.17) is 0 Å². The van der Waals surface area contributed by atoms with Gasteiger partial charge in [-0.15, -0.1) is 93.9 Å². The van der Waals surface area contributed by atoms with Crippen molar-refractivity contribution in [2.75, 3.05) is 0 Å². The van der Waals surface area contributed by atoms with Crippen LogP contribution in [-0.2, 0) is 25.8 Å². The molecule has 0 N–H and O–H groups in total. The van der Waals surface area contributed by atoms with Crippen LogP contribution < -0.4 is 0 Å². The van der Waals surface area contributed by atoms with Crippen LogP contribution in [0.4, 0.5) is 0 Å². The quantitative estimate of drug-likeness (QED) is 0.123. The van der Waals surface area contributed by atoms with Crippen molar-refractivity contribution in [3.63, 3.8) is 0 Å². The zero-order chi connectivity index (χ0) is 30.8. The van der Waals surface area contributed by atoms with E-state index in [1.54, 1.807) is 11.1 Å². The molecule has 6 aromatic carbocycles. The summed E-state index contributed by atoms with van der Waals surface area (Å²) in [6, 6.07) is 44.7. The molecule has 2 saturated carbocycles. The summed E-state index contributed by atoms with van der Waals surface area (Å²) < 4.78 is 0. The van der Waals surface area contributed by atoms with Crippen LogP contribution in [0.3, 0.4) is 0 Å². The first-order valence-corrected chi connectivity index (χ1v) is 17.3. The molecule has 0 heterocycles. The average Bonchev–Trinajstić information content (AvgIpc) is 3.76. The van der Waals surface area contributed by atoms with Crippen LogP contribution in [0, 0.1) is 13.8 Å². The molecule has 0 unspecified atom stereocenters. The normalized spacial score (nSPS) is 14.7. The predicted octanol–water partition coefficient (Wildman–Crippen LogP) is 14.4. The predicted molar refractivity (Wildman–Crippen MR) is 211 cm³/mol. The summed E-state index contributed by atoms with van der Waals surface area (Å²) in [5, 5.41) is 5.64. The second kappa shape index (κ2) is 20.3. The molecule has 0 atom stereocenters. The Morgan fingerprint density at radius 2 is 0.833 bits per heavy atom. The van der Waals surface area contributed by atoms with Gasteiger partial charge >= 0.3 is 25.8 Å². The summed E-state index contributed by atoms with van der Waals surface area (Å²) in [6.45, 7) is 6.75. The Morgan fingerprint density at radius 3 is 1.19 bits per heavy atom. The van der Waals surface area contributed by atoms with E-state index in [1.165, 1.54) is 108 Å². The number of benzene rings is 4. The second-order valence-corrected chi connectivity index (χ2v) is 12.9. The Labute approximate surface area is 321 Å². The van der Waals surface area contributed by atoms with Crippen LogP contribution >= 0.6 is 24.8 Å². The van der Waals surface area contributed by atoms with E-state index < -0.39 is 0 Å². The molecule has 0 nitrogen and oxygen atoms in total. The molecule has 0 aliphatic heterocycles. The zero-order valence-electron chi connectivity index (χ0n) is 28.2. The third-order valence-corrected chi connectivity index (χ3v) is 9.87. The van der Waals surface area contributed by atoms with E-state index in [0.717, 1.165) is 18.3 Å². The fourth-order valence-electron chi connectivity index (χ4n) is 7.60. The van der Waals surface area contributed by atoms with E-state index in [9.17, 15) is 0 Å². The van der Waals surface area contributed by atoms with Gasteiger partial charge in [0.25, 0.3) is 0 Å². The molecular formula is C45H50Cl2Hf. The minimum Gasteiger partial charge on any atom is -0.372 e. The molecule has 2 aliphatic carbocycles. The van der Waals surface area contributed by atoms with Crippen LogP contribution in [0.25, 0.3) is 43.8 Å². The minimum absolute atomic E-state index is 0. The van der Waals surface area contributed by atoms with Gasteiger partial charge in [-0.25, -0.2) is 0 Å². The second-order valence-electron chi connectivity index (χ2n) is 12.9. The van der Waals surface area contributed by atoms with Gasteiger partial charge in [-0.05, 0) is 48.6 Å². The molecule has 48 heavy (non-hydrogen) atoms. The van der Waals surface area contributed by atoms with Crippen LogP contribution in [0.5, 0.6) is 0 Å². The van der Waals surface area contributed by atoms with E-state index in [2.05, 4.69) is 135 Å². The van der Waals surface area contributed by atoms with Crippen molar-refractivity contribution in [1.29, 1.82) is 0 Å². The number of hydrogen-bond acceptors (Lipinski definition) is 0. The molecule has 6 aromatic rings. The van der Waals surface area contributed by atoms with Crippen molar-refractivity contribution in [2.24, 2.45) is 0 Å². The Morgan fingerprint density at radius 1 is 0.479 bits per heavy atom. The van der Waals surface area contributed by atoms with Gasteiger partial charge in [0.1, 0.15) is 0 Å². The maximum Gasteiger partial charge on any atom is 4.00 e. The Kier molecular flexibility index (Phi) is 16.9. The van der Waals surface area contributed by atoms with E-state index in [0.29, 0.717) is 0 Å². The Hall–Kier alpha value is -2.45. The molecular weight excluding hydrogens is 790 g/mol. The molecule has 248 valence electrons. The summed E-state index contributed by atoms with van der Waals surface area (Å²) in [5.74, 6) is 1.57. The number of fused-ring (bicyclic) bond motifs is 2. The molecule has 0 radical (unpaired) electrons. The van der Waals surface area contributed by atoms with Gasteiger partial charge in [0.05, 0.1) is 0 Å². The third-order valence-electron chi connectivity index (χ3n) is 9.87. The third kappa shape index (κ3) is 9.83. The first-order valence-electron chi connectivity index (χ1n) is 17.3. The Bertz CT molecular complexity index is 1620. The summed E-state index contributed by atoms with van der Waals surface area (Å²) in [5.41, 5.74) is 8.51. The SMILES string of the molecule is Cl.Cl.[CH2-]C[CH2-].[Hf+4].c1ccc(-c2cccc3[cH-]c(C4CCCCC4)cc23)cc1.c1ccc(-c2cccc3[cH-]c(C4CCCCC4)cc23)cc1. The fraction of sp³-hybridized carbons (Fsp3) is 0.289. The first kappa shape index (κ1) is 40.0. The summed E-state index contributed by atoms with van der Waals surface area (Å²) in [7, 11) is 0. The van der Waals surface area contributed by atoms with Gasteiger partial charge in [-0.3, -0.25) is 0 Å². The van der Waals surface area contributed by atoms with Gasteiger partial charge in [0.15, 0.2) is 0 Å². The van der Waals surface area contributed by atoms with Crippen LogP contribution in [0.1, 0.15) is 93.6 Å². The van der Waals surface area contributed by atoms with Crippen molar-refractivity contribution < 1.29 is 25.8 Å². The van der Waals surface area contributed by atoms with Gasteiger partial charge < -0.3 is 20.3 Å². The standard InChI is InChI=1S/2C21H21.C3H6.2ClH.Hf/c2*1-3-8-16(9-4-1)19-14-18-12-7-13-20(21(18)15-19)17-10-5-2-6-11-17;1-3-2;;;/h2*2,5-7,10-16H,1,3-4,8-9H2;1-3H2;2*1H;/q2*-1;-2;;;+4. The van der Waals surface area contributed by atoms with Gasteiger partial charge in [0.2, 0.25) is 0 Å². The summed E-state index contributed by atoms with van der Waals surface area (Å²) in [4.78, 5) is 0. The van der Waals surface area contributed by atoms with E-state index in [-0.39, 0.29) is 50.7 Å². The molecule has 0 aromatic heterocycles.